The van der Waals surface area contributed by atoms with Crippen molar-refractivity contribution in [1.29, 1.82) is 0 Å². The van der Waals surface area contributed by atoms with Crippen LogP contribution >= 0.6 is 0 Å². The fourth-order valence-electron chi connectivity index (χ4n) is 1.34. The quantitative estimate of drug-likeness (QED) is 0.800. The van der Waals surface area contributed by atoms with E-state index in [0.29, 0.717) is 5.75 Å². The highest BCUT2D eigenvalue weighted by Crippen LogP contribution is 2.27. The molecular formula is C12H20N2O3S. The van der Waals surface area contributed by atoms with Crippen LogP contribution in [0.25, 0.3) is 0 Å². The second kappa shape index (κ2) is 5.16. The SMILES string of the molecule is CCC(C)(C)Oc1ccc(S(=O)(=O)NC)c(N)c1. The maximum atomic E-state index is 11.6. The largest absolute Gasteiger partial charge is 0.488 e. The fourth-order valence-corrected chi connectivity index (χ4v) is 2.17. The van der Waals surface area contributed by atoms with E-state index >= 15 is 0 Å². The molecule has 3 N–H and O–H groups in total. The summed E-state index contributed by atoms with van der Waals surface area (Å²) in [4.78, 5) is 0.0617. The third-order valence-corrected chi connectivity index (χ3v) is 4.27. The van der Waals surface area contributed by atoms with E-state index in [0.717, 1.165) is 6.42 Å². The molecule has 1 aromatic carbocycles. The molecule has 0 heterocycles. The third-order valence-electron chi connectivity index (χ3n) is 2.79. The average Bonchev–Trinajstić information content (AvgIpc) is 2.28. The molecule has 0 radical (unpaired) electrons. The van der Waals surface area contributed by atoms with Gasteiger partial charge in [0.2, 0.25) is 10.0 Å². The molecule has 18 heavy (non-hydrogen) atoms. The monoisotopic (exact) mass is 272 g/mol. The molecule has 0 aromatic heterocycles. The van der Waals surface area contributed by atoms with E-state index in [9.17, 15) is 8.42 Å². The van der Waals surface area contributed by atoms with Crippen LogP contribution in [0.1, 0.15) is 27.2 Å². The Morgan fingerprint density at radius 2 is 2.00 bits per heavy atom. The summed E-state index contributed by atoms with van der Waals surface area (Å²) in [5.74, 6) is 0.564. The Labute approximate surface area is 108 Å². The zero-order valence-corrected chi connectivity index (χ0v) is 12.0. The van der Waals surface area contributed by atoms with E-state index in [4.69, 9.17) is 10.5 Å². The lowest BCUT2D eigenvalue weighted by Gasteiger charge is -2.25. The summed E-state index contributed by atoms with van der Waals surface area (Å²) in [7, 11) is -2.18. The van der Waals surface area contributed by atoms with Crippen LogP contribution in [0.3, 0.4) is 0 Å². The van der Waals surface area contributed by atoms with Crippen molar-refractivity contribution in [2.45, 2.75) is 37.7 Å². The van der Waals surface area contributed by atoms with E-state index < -0.39 is 10.0 Å². The maximum absolute atomic E-state index is 11.6. The Kier molecular flexibility index (Phi) is 4.24. The van der Waals surface area contributed by atoms with Crippen LogP contribution < -0.4 is 15.2 Å². The predicted molar refractivity (Wildman–Crippen MR) is 72.1 cm³/mol. The van der Waals surface area contributed by atoms with E-state index in [1.807, 2.05) is 20.8 Å². The number of rotatable bonds is 5. The molecule has 0 aliphatic carbocycles. The minimum atomic E-state index is -3.53. The van der Waals surface area contributed by atoms with E-state index in [1.165, 1.54) is 19.2 Å². The van der Waals surface area contributed by atoms with Crippen LogP contribution in [0.4, 0.5) is 5.69 Å². The van der Waals surface area contributed by atoms with Gasteiger partial charge in [0.15, 0.2) is 0 Å². The molecule has 1 aromatic rings. The number of nitrogens with one attached hydrogen (secondary N) is 1. The standard InChI is InChI=1S/C12H20N2O3S/c1-5-12(2,3)17-9-6-7-11(10(13)8-9)18(15,16)14-4/h6-8,14H,5,13H2,1-4H3. The number of ether oxygens (including phenoxy) is 1. The fraction of sp³-hybridized carbons (Fsp3) is 0.500. The highest BCUT2D eigenvalue weighted by molar-refractivity contribution is 7.89. The number of nitrogens with two attached hydrogens (primary N) is 1. The number of hydrogen-bond acceptors (Lipinski definition) is 4. The molecule has 0 unspecified atom stereocenters. The zero-order valence-electron chi connectivity index (χ0n) is 11.1. The van der Waals surface area contributed by atoms with Gasteiger partial charge in [0.25, 0.3) is 0 Å². The Hall–Kier alpha value is -1.27. The van der Waals surface area contributed by atoms with Gasteiger partial charge in [-0.25, -0.2) is 13.1 Å². The number of hydrogen-bond donors (Lipinski definition) is 2. The van der Waals surface area contributed by atoms with Crippen LogP contribution in [0.15, 0.2) is 23.1 Å². The highest BCUT2D eigenvalue weighted by Gasteiger charge is 2.19. The van der Waals surface area contributed by atoms with Crippen LogP contribution in [0.5, 0.6) is 5.75 Å². The minimum absolute atomic E-state index is 0.0617. The number of sulfonamides is 1. The molecule has 0 fully saturated rings. The van der Waals surface area contributed by atoms with E-state index in [-0.39, 0.29) is 16.2 Å². The summed E-state index contributed by atoms with van der Waals surface area (Å²) in [6, 6.07) is 4.59. The summed E-state index contributed by atoms with van der Waals surface area (Å²) in [6.07, 6.45) is 0.837. The van der Waals surface area contributed by atoms with Crippen molar-refractivity contribution in [2.75, 3.05) is 12.8 Å². The van der Waals surface area contributed by atoms with Gasteiger partial charge in [0.05, 0.1) is 5.69 Å². The number of benzene rings is 1. The molecule has 0 atom stereocenters. The third kappa shape index (κ3) is 3.36. The summed E-state index contributed by atoms with van der Waals surface area (Å²) in [5, 5.41) is 0. The first-order valence-corrected chi connectivity index (χ1v) is 7.22. The lowest BCUT2D eigenvalue weighted by molar-refractivity contribution is 0.105. The normalized spacial score (nSPS) is 12.4. The van der Waals surface area contributed by atoms with Crippen molar-refractivity contribution < 1.29 is 13.2 Å². The van der Waals surface area contributed by atoms with Crippen molar-refractivity contribution in [3.8, 4) is 5.75 Å². The number of anilines is 1. The first kappa shape index (κ1) is 14.8. The van der Waals surface area contributed by atoms with Gasteiger partial charge < -0.3 is 10.5 Å². The molecule has 0 saturated heterocycles. The smallest absolute Gasteiger partial charge is 0.242 e. The van der Waals surface area contributed by atoms with Gasteiger partial charge in [-0.05, 0) is 39.4 Å². The molecular weight excluding hydrogens is 252 g/mol. The topological polar surface area (TPSA) is 81.4 Å². The van der Waals surface area contributed by atoms with Gasteiger partial charge in [-0.3, -0.25) is 0 Å². The minimum Gasteiger partial charge on any atom is -0.488 e. The average molecular weight is 272 g/mol. The Balaban J connectivity index is 3.08. The summed E-state index contributed by atoms with van der Waals surface area (Å²) in [6.45, 7) is 5.94. The Morgan fingerprint density at radius 3 is 2.44 bits per heavy atom. The van der Waals surface area contributed by atoms with Crippen molar-refractivity contribution in [3.05, 3.63) is 18.2 Å². The molecule has 0 aliphatic rings. The zero-order chi connectivity index (χ0) is 14.0. The molecule has 0 aliphatic heterocycles. The predicted octanol–water partition coefficient (Wildman–Crippen LogP) is 1.74. The van der Waals surface area contributed by atoms with Crippen molar-refractivity contribution in [1.82, 2.24) is 4.72 Å². The van der Waals surface area contributed by atoms with Gasteiger partial charge in [0, 0.05) is 6.07 Å². The molecule has 1 rings (SSSR count). The Morgan fingerprint density at radius 1 is 1.39 bits per heavy atom. The van der Waals surface area contributed by atoms with E-state index in [2.05, 4.69) is 4.72 Å². The Bertz CT molecular complexity index is 524. The van der Waals surface area contributed by atoms with Crippen molar-refractivity contribution in [3.63, 3.8) is 0 Å². The van der Waals surface area contributed by atoms with Crippen LogP contribution in [0.2, 0.25) is 0 Å². The van der Waals surface area contributed by atoms with Crippen LogP contribution in [-0.2, 0) is 10.0 Å². The summed E-state index contributed by atoms with van der Waals surface area (Å²) >= 11 is 0. The molecule has 102 valence electrons. The first-order valence-electron chi connectivity index (χ1n) is 5.74. The second-order valence-corrected chi connectivity index (χ2v) is 6.48. The molecule has 0 saturated carbocycles. The van der Waals surface area contributed by atoms with Gasteiger partial charge in [0.1, 0.15) is 16.2 Å². The van der Waals surface area contributed by atoms with Crippen molar-refractivity contribution in [2.24, 2.45) is 0 Å². The lowest BCUT2D eigenvalue weighted by Crippen LogP contribution is -2.27. The second-order valence-electron chi connectivity index (χ2n) is 4.62. The van der Waals surface area contributed by atoms with Gasteiger partial charge in [-0.2, -0.15) is 0 Å². The maximum Gasteiger partial charge on any atom is 0.242 e. The highest BCUT2D eigenvalue weighted by atomic mass is 32.2. The van der Waals surface area contributed by atoms with Crippen LogP contribution in [-0.4, -0.2) is 21.1 Å². The lowest BCUT2D eigenvalue weighted by atomic mass is 10.1. The molecule has 0 bridgehead atoms. The molecule has 0 spiro atoms. The summed E-state index contributed by atoms with van der Waals surface area (Å²) in [5.41, 5.74) is 5.61. The van der Waals surface area contributed by atoms with E-state index in [1.54, 1.807) is 6.07 Å². The van der Waals surface area contributed by atoms with Gasteiger partial charge in [-0.15, -0.1) is 0 Å². The molecule has 0 amide bonds. The molecule has 6 heteroatoms. The van der Waals surface area contributed by atoms with Gasteiger partial charge in [-0.1, -0.05) is 6.92 Å². The van der Waals surface area contributed by atoms with Crippen LogP contribution in [0, 0.1) is 0 Å². The first-order chi connectivity index (χ1) is 8.22. The van der Waals surface area contributed by atoms with Gasteiger partial charge >= 0.3 is 0 Å². The summed E-state index contributed by atoms with van der Waals surface area (Å²) < 4.78 is 31.3. The molecule has 5 nitrogen and oxygen atoms in total. The number of nitrogen functional groups attached to an aromatic ring is 1. The van der Waals surface area contributed by atoms with Crippen molar-refractivity contribution >= 4 is 15.7 Å².